The Balaban J connectivity index is 0.908. The summed E-state index contributed by atoms with van der Waals surface area (Å²) in [6, 6.07) is 12.1. The maximum absolute atomic E-state index is 12.7. The Morgan fingerprint density at radius 2 is 0.783 bits per heavy atom. The number of carbonyl (C=O) groups is 1. The Morgan fingerprint density at radius 1 is 0.449 bits per heavy atom. The van der Waals surface area contributed by atoms with Gasteiger partial charge in [0.1, 0.15) is 75.3 Å². The van der Waals surface area contributed by atoms with Gasteiger partial charge in [-0.25, -0.2) is 18.5 Å². The first-order valence-corrected chi connectivity index (χ1v) is 24.8. The minimum absolute atomic E-state index is 0.194. The van der Waals surface area contributed by atoms with E-state index in [2.05, 4.69) is 0 Å². The van der Waals surface area contributed by atoms with Crippen molar-refractivity contribution < 1.29 is 149 Å². The maximum atomic E-state index is 12.7. The molecule has 2 aromatic carbocycles. The van der Waals surface area contributed by atoms with Crippen molar-refractivity contribution in [3.8, 4) is 0 Å². The summed E-state index contributed by atoms with van der Waals surface area (Å²) in [7, 11) is -15.3. The molecule has 4 aliphatic heterocycles. The van der Waals surface area contributed by atoms with Gasteiger partial charge in [0.15, 0.2) is 50.3 Å². The average Bonchev–Trinajstić information content (AvgIpc) is 3.31. The zero-order valence-electron chi connectivity index (χ0n) is 35.4. The SMILES string of the molecule is O=C(OC[C@H]1O[C@@H](O)[C@@H](O)[C@@H](COP(=O)(O)OC[C@H]2O[C@@H](O)[C@@H](O)[C@@H](COP(=O)(O)OC[C@H]3O[C@@H](O)[C@@H](O)[C@@H](COP(=O)(O)OC[C@H]4O[C@@H](O)[C@@H](O)[C@@H](CO)O4)O3)O2)O1)c1ccc2ccccc2c1. The van der Waals surface area contributed by atoms with E-state index in [1.54, 1.807) is 24.3 Å². The highest BCUT2D eigenvalue weighted by molar-refractivity contribution is 7.47. The molecule has 0 amide bonds. The lowest BCUT2D eigenvalue weighted by atomic mass is 10.1. The van der Waals surface area contributed by atoms with Crippen molar-refractivity contribution in [2.45, 2.75) is 99.2 Å². The predicted octanol–water partition coefficient (Wildman–Crippen LogP) is -3.93. The van der Waals surface area contributed by atoms with Crippen LogP contribution < -0.4 is 0 Å². The maximum Gasteiger partial charge on any atom is 0.472 e. The summed E-state index contributed by atoms with van der Waals surface area (Å²) in [5.74, 6) is -0.769. The molecule has 0 aromatic heterocycles. The van der Waals surface area contributed by atoms with Crippen molar-refractivity contribution in [1.82, 2.24) is 0 Å². The van der Waals surface area contributed by atoms with Crippen molar-refractivity contribution in [2.75, 3.05) is 52.9 Å². The number of aliphatic hydroxyl groups is 9. The van der Waals surface area contributed by atoms with Crippen molar-refractivity contribution in [3.63, 3.8) is 0 Å². The van der Waals surface area contributed by atoms with Crippen LogP contribution in [0.2, 0.25) is 0 Å². The van der Waals surface area contributed by atoms with E-state index in [1.165, 1.54) is 6.07 Å². The van der Waals surface area contributed by atoms with Gasteiger partial charge in [-0.1, -0.05) is 30.3 Å². The summed E-state index contributed by atoms with van der Waals surface area (Å²) in [4.78, 5) is 43.3. The van der Waals surface area contributed by atoms with Gasteiger partial charge in [-0.3, -0.25) is 27.1 Å². The van der Waals surface area contributed by atoms with Gasteiger partial charge in [-0.15, -0.1) is 0 Å². The number of hydrogen-bond donors (Lipinski definition) is 12. The summed E-state index contributed by atoms with van der Waals surface area (Å²) in [6.07, 6.45) is -28.1. The predicted molar refractivity (Wildman–Crippen MR) is 214 cm³/mol. The highest BCUT2D eigenvalue weighted by Crippen LogP contribution is 2.47. The lowest BCUT2D eigenvalue weighted by molar-refractivity contribution is -0.344. The molecule has 31 nitrogen and oxygen atoms in total. The van der Waals surface area contributed by atoms with Gasteiger partial charge in [0.2, 0.25) is 0 Å². The van der Waals surface area contributed by atoms with E-state index in [-0.39, 0.29) is 5.56 Å². The van der Waals surface area contributed by atoms with Crippen molar-refractivity contribution in [2.24, 2.45) is 0 Å². The zero-order valence-corrected chi connectivity index (χ0v) is 38.1. The van der Waals surface area contributed by atoms with Crippen LogP contribution in [0.15, 0.2) is 42.5 Å². The number of fused-ring (bicyclic) bond motifs is 1. The highest BCUT2D eigenvalue weighted by atomic mass is 31.2. The molecule has 0 spiro atoms. The third-order valence-corrected chi connectivity index (χ3v) is 12.9. The Morgan fingerprint density at radius 3 is 1.17 bits per heavy atom. The molecule has 34 heteroatoms. The minimum Gasteiger partial charge on any atom is -0.457 e. The largest absolute Gasteiger partial charge is 0.472 e. The Bertz CT molecular complexity index is 2120. The molecular formula is C35H51O31P3. The summed E-state index contributed by atoms with van der Waals surface area (Å²) < 4.78 is 113. The van der Waals surface area contributed by atoms with Crippen LogP contribution in [0.3, 0.4) is 0 Å². The second-order valence-electron chi connectivity index (χ2n) is 15.0. The molecule has 19 atom stereocenters. The fourth-order valence-corrected chi connectivity index (χ4v) is 8.57. The number of ether oxygens (including phenoxy) is 9. The van der Waals surface area contributed by atoms with E-state index in [9.17, 15) is 79.1 Å². The van der Waals surface area contributed by atoms with Gasteiger partial charge in [0.25, 0.3) is 0 Å². The Labute approximate surface area is 388 Å². The fourth-order valence-electron chi connectivity index (χ4n) is 6.41. The molecule has 392 valence electrons. The summed E-state index contributed by atoms with van der Waals surface area (Å²) in [5.41, 5.74) is 0.194. The van der Waals surface area contributed by atoms with Crippen LogP contribution in [0.5, 0.6) is 0 Å². The summed E-state index contributed by atoms with van der Waals surface area (Å²) >= 11 is 0. The number of rotatable bonds is 22. The number of phosphoric ester groups is 3. The Hall–Kier alpha value is -2.18. The molecular weight excluding hydrogens is 1010 g/mol. The van der Waals surface area contributed by atoms with Crippen molar-refractivity contribution >= 4 is 40.2 Å². The topological polar surface area (TPSA) is 449 Å². The van der Waals surface area contributed by atoms with Crippen LogP contribution in [0, 0.1) is 0 Å². The first-order valence-electron chi connectivity index (χ1n) is 20.3. The number of carbonyl (C=O) groups excluding carboxylic acids is 1. The lowest BCUT2D eigenvalue weighted by Crippen LogP contribution is -2.53. The fraction of sp³-hybridized carbons (Fsp3) is 0.686. The molecule has 6 rings (SSSR count). The van der Waals surface area contributed by atoms with Crippen LogP contribution in [-0.4, -0.2) is 219 Å². The number of benzene rings is 2. The second-order valence-corrected chi connectivity index (χ2v) is 19.4. The molecule has 69 heavy (non-hydrogen) atoms. The third-order valence-electron chi connectivity index (χ3n) is 10.0. The van der Waals surface area contributed by atoms with Gasteiger partial charge >= 0.3 is 29.4 Å². The number of esters is 1. The molecule has 2 aromatic rings. The van der Waals surface area contributed by atoms with Crippen molar-refractivity contribution in [1.29, 1.82) is 0 Å². The zero-order chi connectivity index (χ0) is 50.3. The van der Waals surface area contributed by atoms with E-state index >= 15 is 0 Å². The minimum atomic E-state index is -5.18. The van der Waals surface area contributed by atoms with Crippen LogP contribution in [0.1, 0.15) is 10.4 Å². The van der Waals surface area contributed by atoms with Gasteiger partial charge in [-0.05, 0) is 22.9 Å². The normalized spacial score (nSPS) is 37.0. The van der Waals surface area contributed by atoms with Gasteiger partial charge in [0, 0.05) is 0 Å². The summed E-state index contributed by atoms with van der Waals surface area (Å²) in [5, 5.41) is 91.8. The molecule has 0 radical (unpaired) electrons. The molecule has 3 unspecified atom stereocenters. The first-order chi connectivity index (χ1) is 32.5. The van der Waals surface area contributed by atoms with E-state index in [0.29, 0.717) is 0 Å². The highest BCUT2D eigenvalue weighted by Gasteiger charge is 2.45. The number of hydrogen-bond acceptors (Lipinski definition) is 28. The van der Waals surface area contributed by atoms with Crippen LogP contribution in [0.25, 0.3) is 10.8 Å². The molecule has 0 saturated carbocycles. The molecule has 0 aliphatic carbocycles. The standard InChI is InChI=1S/C35H51O31P3/c36-8-19-27(37)32(42)64-24(59-19)13-56-67(46,47)54-10-21-29(39)34(44)66-26(61-21)15-58-69(50,51)55-11-22-30(40)35(45)65-25(62-22)14-57-68(48,49)53-9-20-28(38)33(43)63-23(60-20)12-52-31(41)18-6-5-16-3-1-2-4-17(16)7-18/h1-7,19-30,32-40,42-45H,8-15H2,(H,46,47)(H,48,49)(H,50,51)/t19-,20-,21-,22-,23-,24-,25-,26-,27+,28+,29+,30+,32-,33-,34-,35-/m1/s1. The van der Waals surface area contributed by atoms with E-state index < -0.39 is 181 Å². The molecule has 0 bridgehead atoms. The summed E-state index contributed by atoms with van der Waals surface area (Å²) in [6.45, 7) is -7.17. The lowest BCUT2D eigenvalue weighted by Gasteiger charge is -2.38. The monoisotopic (exact) mass is 1060 g/mol. The van der Waals surface area contributed by atoms with Gasteiger partial charge in [-0.2, -0.15) is 0 Å². The quantitative estimate of drug-likeness (QED) is 0.0396. The molecule has 4 fully saturated rings. The van der Waals surface area contributed by atoms with Crippen molar-refractivity contribution in [3.05, 3.63) is 48.0 Å². The Kier molecular flexibility index (Phi) is 20.1. The van der Waals surface area contributed by atoms with E-state index in [1.807, 2.05) is 12.1 Å². The van der Waals surface area contributed by atoms with Crippen LogP contribution in [0.4, 0.5) is 0 Å². The molecule has 4 saturated heterocycles. The van der Waals surface area contributed by atoms with Gasteiger partial charge in [0.05, 0.1) is 32.0 Å². The number of aliphatic hydroxyl groups excluding tert-OH is 9. The van der Waals surface area contributed by atoms with Crippen LogP contribution in [-0.2, 0) is 83.5 Å². The average molecular weight is 1060 g/mol. The second kappa shape index (κ2) is 24.7. The third kappa shape index (κ3) is 16.2. The van der Waals surface area contributed by atoms with E-state index in [4.69, 9.17) is 69.8 Å². The smallest absolute Gasteiger partial charge is 0.457 e. The number of phosphoric acid groups is 3. The van der Waals surface area contributed by atoms with Crippen LogP contribution >= 0.6 is 23.5 Å². The molecule has 12 N–H and O–H groups in total. The molecule has 4 aliphatic rings. The van der Waals surface area contributed by atoms with Gasteiger partial charge < -0.3 is 103 Å². The van der Waals surface area contributed by atoms with E-state index in [0.717, 1.165) is 10.8 Å². The first kappa shape index (κ1) is 56.1. The molecule has 4 heterocycles.